The van der Waals surface area contributed by atoms with Gasteiger partial charge in [-0.3, -0.25) is 0 Å². The standard InChI is InChI=1S/C18H22N2O4/c19-15-8-6-14(7-9-15)17(22)16(21)10-11-20-18(23)24-12-13-4-2-1-3-5-13/h1-9,16-17,21-22H,10-12,19H2,(H,20,23). The lowest BCUT2D eigenvalue weighted by molar-refractivity contribution is 0.0136. The molecule has 0 radical (unpaired) electrons. The number of ether oxygens (including phenoxy) is 1. The van der Waals surface area contributed by atoms with Gasteiger partial charge in [0, 0.05) is 12.2 Å². The van der Waals surface area contributed by atoms with E-state index in [1.165, 1.54) is 0 Å². The lowest BCUT2D eigenvalue weighted by Gasteiger charge is -2.18. The Hall–Kier alpha value is -2.57. The fourth-order valence-electron chi connectivity index (χ4n) is 2.17. The Labute approximate surface area is 140 Å². The second kappa shape index (κ2) is 8.90. The number of hydrogen-bond donors (Lipinski definition) is 4. The van der Waals surface area contributed by atoms with Crippen molar-refractivity contribution < 1.29 is 19.7 Å². The zero-order chi connectivity index (χ0) is 17.4. The van der Waals surface area contributed by atoms with Gasteiger partial charge in [0.05, 0.1) is 6.10 Å². The van der Waals surface area contributed by atoms with Crippen LogP contribution in [0.25, 0.3) is 0 Å². The minimum absolute atomic E-state index is 0.184. The van der Waals surface area contributed by atoms with E-state index >= 15 is 0 Å². The first-order valence-electron chi connectivity index (χ1n) is 7.72. The summed E-state index contributed by atoms with van der Waals surface area (Å²) >= 11 is 0. The molecule has 24 heavy (non-hydrogen) atoms. The van der Waals surface area contributed by atoms with Crippen molar-refractivity contribution in [1.29, 1.82) is 0 Å². The van der Waals surface area contributed by atoms with Crippen LogP contribution in [0.5, 0.6) is 0 Å². The summed E-state index contributed by atoms with van der Waals surface area (Å²) in [6, 6.07) is 16.0. The number of alkyl carbamates (subject to hydrolysis) is 1. The molecule has 0 spiro atoms. The molecular weight excluding hydrogens is 308 g/mol. The van der Waals surface area contributed by atoms with Gasteiger partial charge in [0.1, 0.15) is 12.7 Å². The molecule has 2 rings (SSSR count). The molecule has 0 aliphatic rings. The van der Waals surface area contributed by atoms with Gasteiger partial charge in [-0.2, -0.15) is 0 Å². The van der Waals surface area contributed by atoms with Gasteiger partial charge in [-0.15, -0.1) is 0 Å². The van der Waals surface area contributed by atoms with Crippen molar-refractivity contribution in [2.75, 3.05) is 12.3 Å². The first-order valence-corrected chi connectivity index (χ1v) is 7.72. The number of nitrogens with two attached hydrogens (primary N) is 1. The smallest absolute Gasteiger partial charge is 0.407 e. The summed E-state index contributed by atoms with van der Waals surface area (Å²) in [6.07, 6.45) is -2.39. The van der Waals surface area contributed by atoms with Gasteiger partial charge >= 0.3 is 6.09 Å². The SMILES string of the molecule is Nc1ccc(C(O)C(O)CCNC(=O)OCc2ccccc2)cc1. The van der Waals surface area contributed by atoms with E-state index in [2.05, 4.69) is 5.32 Å². The number of aliphatic hydroxyl groups excluding tert-OH is 2. The molecule has 0 fully saturated rings. The summed E-state index contributed by atoms with van der Waals surface area (Å²) < 4.78 is 5.06. The molecular formula is C18H22N2O4. The molecule has 6 nitrogen and oxygen atoms in total. The monoisotopic (exact) mass is 330 g/mol. The highest BCUT2D eigenvalue weighted by Gasteiger charge is 2.18. The molecule has 2 atom stereocenters. The van der Waals surface area contributed by atoms with Crippen LogP contribution < -0.4 is 11.1 Å². The quantitative estimate of drug-likeness (QED) is 0.581. The Balaban J connectivity index is 1.68. The van der Waals surface area contributed by atoms with Crippen molar-refractivity contribution in [3.05, 3.63) is 65.7 Å². The van der Waals surface area contributed by atoms with E-state index in [4.69, 9.17) is 10.5 Å². The zero-order valence-electron chi connectivity index (χ0n) is 13.3. The second-order valence-electron chi connectivity index (χ2n) is 5.46. The number of carbonyl (C=O) groups is 1. The molecule has 0 aliphatic heterocycles. The molecule has 1 amide bonds. The van der Waals surface area contributed by atoms with Gasteiger partial charge in [-0.1, -0.05) is 42.5 Å². The molecule has 0 saturated heterocycles. The van der Waals surface area contributed by atoms with Gasteiger partial charge in [-0.05, 0) is 29.7 Å². The Morgan fingerprint density at radius 1 is 1.08 bits per heavy atom. The number of hydrogen-bond acceptors (Lipinski definition) is 5. The minimum Gasteiger partial charge on any atom is -0.445 e. The number of rotatable bonds is 7. The number of carbonyl (C=O) groups excluding carboxylic acids is 1. The van der Waals surface area contributed by atoms with Crippen LogP contribution in [0.1, 0.15) is 23.7 Å². The van der Waals surface area contributed by atoms with E-state index in [9.17, 15) is 15.0 Å². The van der Waals surface area contributed by atoms with Crippen molar-refractivity contribution in [3.63, 3.8) is 0 Å². The molecule has 2 unspecified atom stereocenters. The van der Waals surface area contributed by atoms with Gasteiger partial charge in [-0.25, -0.2) is 4.79 Å². The average molecular weight is 330 g/mol. The molecule has 0 aliphatic carbocycles. The van der Waals surface area contributed by atoms with Crippen molar-refractivity contribution in [3.8, 4) is 0 Å². The van der Waals surface area contributed by atoms with E-state index < -0.39 is 18.3 Å². The lowest BCUT2D eigenvalue weighted by atomic mass is 10.0. The Morgan fingerprint density at radius 3 is 2.42 bits per heavy atom. The highest BCUT2D eigenvalue weighted by molar-refractivity contribution is 5.67. The lowest BCUT2D eigenvalue weighted by Crippen LogP contribution is -2.29. The van der Waals surface area contributed by atoms with Gasteiger partial charge < -0.3 is 26.0 Å². The van der Waals surface area contributed by atoms with E-state index in [0.29, 0.717) is 11.3 Å². The van der Waals surface area contributed by atoms with Crippen LogP contribution >= 0.6 is 0 Å². The van der Waals surface area contributed by atoms with Crippen LogP contribution in [-0.4, -0.2) is 29.0 Å². The molecule has 0 heterocycles. The normalized spacial score (nSPS) is 13.1. The zero-order valence-corrected chi connectivity index (χ0v) is 13.3. The highest BCUT2D eigenvalue weighted by Crippen LogP contribution is 2.19. The van der Waals surface area contributed by atoms with Crippen LogP contribution in [0, 0.1) is 0 Å². The highest BCUT2D eigenvalue weighted by atomic mass is 16.5. The van der Waals surface area contributed by atoms with Crippen molar-refractivity contribution >= 4 is 11.8 Å². The van der Waals surface area contributed by atoms with E-state index in [-0.39, 0.29) is 19.6 Å². The van der Waals surface area contributed by atoms with Crippen LogP contribution in [0.15, 0.2) is 54.6 Å². The number of aliphatic hydroxyl groups is 2. The van der Waals surface area contributed by atoms with E-state index in [1.807, 2.05) is 30.3 Å². The molecule has 2 aromatic carbocycles. The molecule has 2 aromatic rings. The van der Waals surface area contributed by atoms with Crippen LogP contribution in [0.4, 0.5) is 10.5 Å². The largest absolute Gasteiger partial charge is 0.445 e. The predicted molar refractivity (Wildman–Crippen MR) is 91.1 cm³/mol. The fourth-order valence-corrected chi connectivity index (χ4v) is 2.17. The summed E-state index contributed by atoms with van der Waals surface area (Å²) in [4.78, 5) is 11.6. The van der Waals surface area contributed by atoms with Gasteiger partial charge in [0.25, 0.3) is 0 Å². The maximum Gasteiger partial charge on any atom is 0.407 e. The van der Waals surface area contributed by atoms with Gasteiger partial charge in [0.15, 0.2) is 0 Å². The summed E-state index contributed by atoms with van der Waals surface area (Å²) in [5.74, 6) is 0. The first kappa shape index (κ1) is 17.8. The maximum atomic E-state index is 11.6. The number of nitrogen functional groups attached to an aromatic ring is 1. The average Bonchev–Trinajstić information content (AvgIpc) is 2.61. The third-order valence-corrected chi connectivity index (χ3v) is 3.56. The van der Waals surface area contributed by atoms with Crippen molar-refractivity contribution in [2.45, 2.75) is 25.2 Å². The molecule has 0 aromatic heterocycles. The Morgan fingerprint density at radius 2 is 1.75 bits per heavy atom. The molecule has 0 saturated carbocycles. The number of benzene rings is 2. The summed E-state index contributed by atoms with van der Waals surface area (Å²) in [6.45, 7) is 0.379. The van der Waals surface area contributed by atoms with Crippen LogP contribution in [0.2, 0.25) is 0 Å². The topological polar surface area (TPSA) is 105 Å². The Bertz CT molecular complexity index is 631. The summed E-state index contributed by atoms with van der Waals surface area (Å²) in [5, 5.41) is 22.6. The summed E-state index contributed by atoms with van der Waals surface area (Å²) in [5.41, 5.74) is 7.64. The minimum atomic E-state index is -1.03. The third-order valence-electron chi connectivity index (χ3n) is 3.56. The molecule has 0 bridgehead atoms. The third kappa shape index (κ3) is 5.57. The predicted octanol–water partition coefficient (Wildman–Crippen LogP) is 1.98. The van der Waals surface area contributed by atoms with E-state index in [1.54, 1.807) is 24.3 Å². The van der Waals surface area contributed by atoms with Crippen LogP contribution in [0.3, 0.4) is 0 Å². The second-order valence-corrected chi connectivity index (χ2v) is 5.46. The number of amides is 1. The number of anilines is 1. The fraction of sp³-hybridized carbons (Fsp3) is 0.278. The van der Waals surface area contributed by atoms with Crippen LogP contribution in [-0.2, 0) is 11.3 Å². The van der Waals surface area contributed by atoms with Crippen molar-refractivity contribution in [2.24, 2.45) is 0 Å². The van der Waals surface area contributed by atoms with E-state index in [0.717, 1.165) is 5.56 Å². The summed E-state index contributed by atoms with van der Waals surface area (Å²) in [7, 11) is 0. The maximum absolute atomic E-state index is 11.6. The molecule has 128 valence electrons. The van der Waals surface area contributed by atoms with Crippen molar-refractivity contribution in [1.82, 2.24) is 5.32 Å². The molecule has 5 N–H and O–H groups in total. The molecule has 6 heteroatoms. The first-order chi connectivity index (χ1) is 11.6. The van der Waals surface area contributed by atoms with Gasteiger partial charge in [0.2, 0.25) is 0 Å². The number of nitrogens with one attached hydrogen (secondary N) is 1. The Kier molecular flexibility index (Phi) is 6.60.